The van der Waals surface area contributed by atoms with Gasteiger partial charge in [-0.2, -0.15) is 0 Å². The number of nitrogens with one attached hydrogen (secondary N) is 1. The van der Waals surface area contributed by atoms with Crippen molar-refractivity contribution in [2.75, 3.05) is 38.7 Å². The topological polar surface area (TPSA) is 103 Å². The molecule has 0 spiro atoms. The summed E-state index contributed by atoms with van der Waals surface area (Å²) in [6, 6.07) is 16.9. The molecule has 1 N–H and O–H groups in total. The van der Waals surface area contributed by atoms with Crippen molar-refractivity contribution in [3.05, 3.63) is 60.2 Å². The Morgan fingerprint density at radius 1 is 1.17 bits per heavy atom. The van der Waals surface area contributed by atoms with Crippen LogP contribution in [0.3, 0.4) is 0 Å². The van der Waals surface area contributed by atoms with E-state index in [0.29, 0.717) is 43.4 Å². The fraction of sp³-hybridized carbons (Fsp3) is 0.346. The second-order valence-corrected chi connectivity index (χ2v) is 8.68. The third-order valence-corrected chi connectivity index (χ3v) is 6.23. The standard InChI is InChI=1S/C26H27N3O6/c1-32-22-8-7-18(11-23(22)34-20-9-10-33-16-20)19-12-26(31)29(14-19)15-24(30)27-25-13-21(28-35-25)17-5-3-2-4-6-17/h2-8,11,13,19-20H,9-10,12,14-16H2,1H3,(H,27,30)/t19-,20-/m1/s1. The highest BCUT2D eigenvalue weighted by atomic mass is 16.6. The molecular formula is C26H27N3O6. The molecule has 2 aliphatic rings. The fourth-order valence-electron chi connectivity index (χ4n) is 4.40. The predicted octanol–water partition coefficient (Wildman–Crippen LogP) is 3.47. The third-order valence-electron chi connectivity index (χ3n) is 6.23. The quantitative estimate of drug-likeness (QED) is 0.530. The van der Waals surface area contributed by atoms with E-state index in [9.17, 15) is 9.59 Å². The number of hydrogen-bond acceptors (Lipinski definition) is 7. The van der Waals surface area contributed by atoms with Gasteiger partial charge < -0.3 is 23.6 Å². The van der Waals surface area contributed by atoms with Crippen molar-refractivity contribution in [3.8, 4) is 22.8 Å². The van der Waals surface area contributed by atoms with Gasteiger partial charge in [-0.3, -0.25) is 14.9 Å². The van der Waals surface area contributed by atoms with Crippen molar-refractivity contribution in [2.24, 2.45) is 0 Å². The summed E-state index contributed by atoms with van der Waals surface area (Å²) < 4.78 is 22.2. The van der Waals surface area contributed by atoms with Gasteiger partial charge in [-0.05, 0) is 17.7 Å². The van der Waals surface area contributed by atoms with Crippen molar-refractivity contribution in [2.45, 2.75) is 24.9 Å². The summed E-state index contributed by atoms with van der Waals surface area (Å²) in [5, 5.41) is 6.69. The maximum Gasteiger partial charge on any atom is 0.246 e. The van der Waals surface area contributed by atoms with Gasteiger partial charge in [-0.15, -0.1) is 0 Å². The first kappa shape index (κ1) is 22.9. The molecular weight excluding hydrogens is 450 g/mol. The molecule has 2 saturated heterocycles. The number of likely N-dealkylation sites (tertiary alicyclic amines) is 1. The molecule has 5 rings (SSSR count). The molecule has 182 valence electrons. The molecule has 9 nitrogen and oxygen atoms in total. The van der Waals surface area contributed by atoms with Gasteiger partial charge in [0.1, 0.15) is 11.8 Å². The van der Waals surface area contributed by atoms with Crippen molar-refractivity contribution in [1.29, 1.82) is 0 Å². The Morgan fingerprint density at radius 2 is 2.03 bits per heavy atom. The van der Waals surface area contributed by atoms with Crippen LogP contribution >= 0.6 is 0 Å². The number of ether oxygens (including phenoxy) is 3. The van der Waals surface area contributed by atoms with Crippen LogP contribution in [0.2, 0.25) is 0 Å². The highest BCUT2D eigenvalue weighted by Crippen LogP contribution is 2.36. The Bertz CT molecular complexity index is 1190. The predicted molar refractivity (Wildman–Crippen MR) is 127 cm³/mol. The van der Waals surface area contributed by atoms with Gasteiger partial charge in [-0.1, -0.05) is 41.6 Å². The Kier molecular flexibility index (Phi) is 6.67. The summed E-state index contributed by atoms with van der Waals surface area (Å²) in [6.45, 7) is 1.62. The minimum absolute atomic E-state index is 0.0111. The first-order valence-corrected chi connectivity index (χ1v) is 11.6. The van der Waals surface area contributed by atoms with Crippen LogP contribution in [0.15, 0.2) is 59.1 Å². The molecule has 2 amide bonds. The van der Waals surface area contributed by atoms with Gasteiger partial charge in [-0.25, -0.2) is 0 Å². The summed E-state index contributed by atoms with van der Waals surface area (Å²) in [7, 11) is 1.60. The zero-order valence-corrected chi connectivity index (χ0v) is 19.4. The average molecular weight is 478 g/mol. The molecule has 0 bridgehead atoms. The average Bonchev–Trinajstić information content (AvgIpc) is 3.62. The van der Waals surface area contributed by atoms with Crippen LogP contribution in [-0.2, 0) is 14.3 Å². The lowest BCUT2D eigenvalue weighted by Gasteiger charge is -2.18. The lowest BCUT2D eigenvalue weighted by molar-refractivity contribution is -0.131. The molecule has 35 heavy (non-hydrogen) atoms. The van der Waals surface area contributed by atoms with Gasteiger partial charge in [0, 0.05) is 36.9 Å². The van der Waals surface area contributed by atoms with E-state index in [2.05, 4.69) is 10.5 Å². The minimum Gasteiger partial charge on any atom is -0.493 e. The first-order valence-electron chi connectivity index (χ1n) is 11.6. The number of aromatic nitrogens is 1. The number of rotatable bonds is 8. The monoisotopic (exact) mass is 477 g/mol. The van der Waals surface area contributed by atoms with E-state index in [1.54, 1.807) is 18.1 Å². The largest absolute Gasteiger partial charge is 0.493 e. The number of carbonyl (C=O) groups excluding carboxylic acids is 2. The fourth-order valence-corrected chi connectivity index (χ4v) is 4.40. The molecule has 1 aromatic heterocycles. The van der Waals surface area contributed by atoms with Crippen LogP contribution in [0.5, 0.6) is 11.5 Å². The van der Waals surface area contributed by atoms with E-state index >= 15 is 0 Å². The molecule has 2 aromatic carbocycles. The lowest BCUT2D eigenvalue weighted by atomic mass is 9.98. The van der Waals surface area contributed by atoms with Crippen LogP contribution in [0.4, 0.5) is 5.88 Å². The molecule has 0 saturated carbocycles. The van der Waals surface area contributed by atoms with Crippen LogP contribution < -0.4 is 14.8 Å². The highest BCUT2D eigenvalue weighted by Gasteiger charge is 2.32. The number of hydrogen-bond donors (Lipinski definition) is 1. The van der Waals surface area contributed by atoms with Gasteiger partial charge in [0.25, 0.3) is 0 Å². The Balaban J connectivity index is 1.20. The molecule has 0 unspecified atom stereocenters. The van der Waals surface area contributed by atoms with Crippen LogP contribution in [0.25, 0.3) is 11.3 Å². The second kappa shape index (κ2) is 10.2. The molecule has 2 fully saturated rings. The Morgan fingerprint density at radius 3 is 2.80 bits per heavy atom. The third kappa shape index (κ3) is 5.30. The zero-order chi connectivity index (χ0) is 24.2. The molecule has 3 heterocycles. The molecule has 3 aromatic rings. The van der Waals surface area contributed by atoms with Gasteiger partial charge in [0.15, 0.2) is 11.5 Å². The number of carbonyl (C=O) groups is 2. The zero-order valence-electron chi connectivity index (χ0n) is 19.4. The van der Waals surface area contributed by atoms with Crippen molar-refractivity contribution in [3.63, 3.8) is 0 Å². The van der Waals surface area contributed by atoms with E-state index in [4.69, 9.17) is 18.7 Å². The summed E-state index contributed by atoms with van der Waals surface area (Å²) in [5.41, 5.74) is 2.48. The normalized spacial score (nSPS) is 19.7. The molecule has 0 aliphatic carbocycles. The van der Waals surface area contributed by atoms with E-state index in [1.807, 2.05) is 48.5 Å². The Hall–Kier alpha value is -3.85. The van der Waals surface area contributed by atoms with Gasteiger partial charge >= 0.3 is 0 Å². The second-order valence-electron chi connectivity index (χ2n) is 8.68. The Labute approximate surface area is 202 Å². The summed E-state index contributed by atoms with van der Waals surface area (Å²) >= 11 is 0. The summed E-state index contributed by atoms with van der Waals surface area (Å²) in [5.74, 6) is 1.07. The number of amides is 2. The van der Waals surface area contributed by atoms with Crippen molar-refractivity contribution in [1.82, 2.24) is 10.1 Å². The maximum absolute atomic E-state index is 12.7. The number of anilines is 1. The van der Waals surface area contributed by atoms with Crippen LogP contribution in [0, 0.1) is 0 Å². The first-order chi connectivity index (χ1) is 17.1. The number of benzene rings is 2. The van der Waals surface area contributed by atoms with E-state index in [1.165, 1.54) is 0 Å². The maximum atomic E-state index is 12.7. The van der Waals surface area contributed by atoms with Crippen molar-refractivity contribution < 1.29 is 28.3 Å². The van der Waals surface area contributed by atoms with Crippen LogP contribution in [0.1, 0.15) is 24.3 Å². The summed E-state index contributed by atoms with van der Waals surface area (Å²) in [6.07, 6.45) is 1.14. The molecule has 2 atom stereocenters. The number of nitrogens with zero attached hydrogens (tertiary/aromatic N) is 2. The lowest BCUT2D eigenvalue weighted by Crippen LogP contribution is -2.34. The highest BCUT2D eigenvalue weighted by molar-refractivity contribution is 5.94. The summed E-state index contributed by atoms with van der Waals surface area (Å²) in [4.78, 5) is 26.8. The van der Waals surface area contributed by atoms with Crippen molar-refractivity contribution >= 4 is 17.7 Å². The van der Waals surface area contributed by atoms with E-state index in [0.717, 1.165) is 17.5 Å². The molecule has 9 heteroatoms. The van der Waals surface area contributed by atoms with Gasteiger partial charge in [0.2, 0.25) is 17.7 Å². The van der Waals surface area contributed by atoms with Crippen LogP contribution in [-0.4, -0.2) is 61.4 Å². The van der Waals surface area contributed by atoms with Gasteiger partial charge in [0.05, 0.1) is 26.9 Å². The molecule has 2 aliphatic heterocycles. The molecule has 0 radical (unpaired) electrons. The smallest absolute Gasteiger partial charge is 0.246 e. The van der Waals surface area contributed by atoms with E-state index in [-0.39, 0.29) is 36.3 Å². The SMILES string of the molecule is COc1ccc([C@@H]2CC(=O)N(CC(=O)Nc3cc(-c4ccccc4)no3)C2)cc1O[C@@H]1CCOC1. The number of methoxy groups -OCH3 is 1. The van der Waals surface area contributed by atoms with E-state index < -0.39 is 0 Å². The minimum atomic E-state index is -0.338.